The molecule has 0 spiro atoms. The number of rotatable bonds is 5. The monoisotopic (exact) mass is 271 g/mol. The Labute approximate surface area is 124 Å². The molecule has 1 saturated carbocycles. The summed E-state index contributed by atoms with van der Waals surface area (Å²) >= 11 is 0. The van der Waals surface area contributed by atoms with E-state index in [1.54, 1.807) is 0 Å². The van der Waals surface area contributed by atoms with Crippen LogP contribution in [0.2, 0.25) is 0 Å². The highest BCUT2D eigenvalue weighted by atomic mass is 15.1. The quantitative estimate of drug-likeness (QED) is 0.664. The van der Waals surface area contributed by atoms with Crippen molar-refractivity contribution in [2.75, 3.05) is 11.4 Å². The van der Waals surface area contributed by atoms with Crippen LogP contribution in [0.15, 0.2) is 36.5 Å². The Balaban J connectivity index is 2.24. The summed E-state index contributed by atoms with van der Waals surface area (Å²) < 4.78 is 0. The van der Waals surface area contributed by atoms with Gasteiger partial charge in [0, 0.05) is 17.9 Å². The van der Waals surface area contributed by atoms with Crippen LogP contribution in [0.25, 0.3) is 0 Å². The van der Waals surface area contributed by atoms with E-state index in [4.69, 9.17) is 0 Å². The second-order valence-electron chi connectivity index (χ2n) is 6.66. The van der Waals surface area contributed by atoms with Gasteiger partial charge in [-0.1, -0.05) is 57.9 Å². The van der Waals surface area contributed by atoms with Crippen molar-refractivity contribution in [3.63, 3.8) is 0 Å². The molecule has 0 aromatic heterocycles. The molecule has 1 fully saturated rings. The summed E-state index contributed by atoms with van der Waals surface area (Å²) in [5.41, 5.74) is 4.37. The molecule has 0 bridgehead atoms. The topological polar surface area (TPSA) is 3.24 Å². The van der Waals surface area contributed by atoms with Crippen molar-refractivity contribution in [1.29, 1.82) is 0 Å². The Kier molecular flexibility index (Phi) is 4.91. The van der Waals surface area contributed by atoms with Crippen molar-refractivity contribution in [3.05, 3.63) is 42.1 Å². The number of aryl methyl sites for hydroxylation is 1. The summed E-state index contributed by atoms with van der Waals surface area (Å²) in [4.78, 5) is 2.47. The van der Waals surface area contributed by atoms with Crippen molar-refractivity contribution >= 4 is 5.69 Å². The van der Waals surface area contributed by atoms with Gasteiger partial charge in [-0.3, -0.25) is 0 Å². The van der Waals surface area contributed by atoms with Gasteiger partial charge in [0.1, 0.15) is 0 Å². The minimum atomic E-state index is 0.443. The second kappa shape index (κ2) is 6.47. The summed E-state index contributed by atoms with van der Waals surface area (Å²) in [6, 6.07) is 8.70. The van der Waals surface area contributed by atoms with Crippen LogP contribution in [-0.4, -0.2) is 6.54 Å². The molecule has 1 aliphatic rings. The standard InChI is InChI=1S/C19H29N/c1-5-17(3)20(18-12-8-7-11-16(18)2)15-19(4)13-9-6-10-14-19/h7-8,11-12H,3,5-6,9-10,13-15H2,1-2,4H3. The zero-order valence-corrected chi connectivity index (χ0v) is 13.4. The molecule has 0 N–H and O–H groups in total. The number of hydrogen-bond donors (Lipinski definition) is 0. The summed E-state index contributed by atoms with van der Waals surface area (Å²) in [6.45, 7) is 12.3. The van der Waals surface area contributed by atoms with Crippen LogP contribution in [0.3, 0.4) is 0 Å². The van der Waals surface area contributed by atoms with Crippen LogP contribution in [0.1, 0.15) is 57.9 Å². The van der Waals surface area contributed by atoms with Gasteiger partial charge in [-0.25, -0.2) is 0 Å². The number of hydrogen-bond acceptors (Lipinski definition) is 1. The largest absolute Gasteiger partial charge is 0.345 e. The lowest BCUT2D eigenvalue weighted by atomic mass is 9.75. The molecule has 0 unspecified atom stereocenters. The third-order valence-electron chi connectivity index (χ3n) is 4.80. The van der Waals surface area contributed by atoms with Gasteiger partial charge in [-0.2, -0.15) is 0 Å². The van der Waals surface area contributed by atoms with Gasteiger partial charge in [-0.05, 0) is 43.2 Å². The first-order valence-electron chi connectivity index (χ1n) is 8.07. The lowest BCUT2D eigenvalue weighted by Crippen LogP contribution is -2.37. The first kappa shape index (κ1) is 15.2. The van der Waals surface area contributed by atoms with Crippen LogP contribution in [0.5, 0.6) is 0 Å². The summed E-state index contributed by atoms with van der Waals surface area (Å²) in [6.07, 6.45) is 7.91. The minimum absolute atomic E-state index is 0.443. The Morgan fingerprint density at radius 3 is 2.45 bits per heavy atom. The number of nitrogens with zero attached hydrogens (tertiary/aromatic N) is 1. The zero-order chi connectivity index (χ0) is 14.6. The molecule has 110 valence electrons. The average molecular weight is 271 g/mol. The first-order valence-corrected chi connectivity index (χ1v) is 8.07. The van der Waals surface area contributed by atoms with Gasteiger partial charge < -0.3 is 4.90 Å². The third-order valence-corrected chi connectivity index (χ3v) is 4.80. The second-order valence-corrected chi connectivity index (χ2v) is 6.66. The fourth-order valence-electron chi connectivity index (χ4n) is 3.37. The van der Waals surface area contributed by atoms with Crippen LogP contribution < -0.4 is 4.90 Å². The van der Waals surface area contributed by atoms with Gasteiger partial charge in [0.15, 0.2) is 0 Å². The molecule has 0 heterocycles. The van der Waals surface area contributed by atoms with E-state index in [1.807, 2.05) is 0 Å². The van der Waals surface area contributed by atoms with Gasteiger partial charge in [0.2, 0.25) is 0 Å². The van der Waals surface area contributed by atoms with E-state index < -0.39 is 0 Å². The van der Waals surface area contributed by atoms with Crippen molar-refractivity contribution in [3.8, 4) is 0 Å². The van der Waals surface area contributed by atoms with Gasteiger partial charge >= 0.3 is 0 Å². The number of anilines is 1. The molecule has 0 amide bonds. The SMILES string of the molecule is C=C(CC)N(CC1(C)CCCCC1)c1ccccc1C. The molecule has 1 aromatic carbocycles. The summed E-state index contributed by atoms with van der Waals surface area (Å²) in [7, 11) is 0. The predicted octanol–water partition coefficient (Wildman–Crippen LogP) is 5.70. The molecule has 0 radical (unpaired) electrons. The van der Waals surface area contributed by atoms with Crippen molar-refractivity contribution < 1.29 is 0 Å². The van der Waals surface area contributed by atoms with Crippen molar-refractivity contribution in [2.45, 2.75) is 59.3 Å². The molecular formula is C19H29N. The maximum Gasteiger partial charge on any atom is 0.0437 e. The molecular weight excluding hydrogens is 242 g/mol. The molecule has 0 saturated heterocycles. The van der Waals surface area contributed by atoms with Gasteiger partial charge in [-0.15, -0.1) is 0 Å². The van der Waals surface area contributed by atoms with Crippen LogP contribution >= 0.6 is 0 Å². The number of benzene rings is 1. The summed E-state index contributed by atoms with van der Waals surface area (Å²) in [5, 5.41) is 0. The predicted molar refractivity (Wildman–Crippen MR) is 89.1 cm³/mol. The summed E-state index contributed by atoms with van der Waals surface area (Å²) in [5.74, 6) is 0. The highest BCUT2D eigenvalue weighted by molar-refractivity contribution is 5.57. The highest BCUT2D eigenvalue weighted by Crippen LogP contribution is 2.39. The van der Waals surface area contributed by atoms with E-state index in [9.17, 15) is 0 Å². The van der Waals surface area contributed by atoms with E-state index >= 15 is 0 Å². The maximum atomic E-state index is 4.31. The normalized spacial score (nSPS) is 17.8. The minimum Gasteiger partial charge on any atom is -0.345 e. The lowest BCUT2D eigenvalue weighted by Gasteiger charge is -2.40. The van der Waals surface area contributed by atoms with Crippen LogP contribution in [-0.2, 0) is 0 Å². The smallest absolute Gasteiger partial charge is 0.0437 e. The van der Waals surface area contributed by atoms with Crippen molar-refractivity contribution in [2.24, 2.45) is 5.41 Å². The Morgan fingerprint density at radius 1 is 1.20 bits per heavy atom. The number of para-hydroxylation sites is 1. The molecule has 2 rings (SSSR count). The molecule has 1 heteroatoms. The van der Waals surface area contributed by atoms with E-state index in [2.05, 4.69) is 56.5 Å². The molecule has 1 aliphatic carbocycles. The Hall–Kier alpha value is -1.24. The fraction of sp³-hybridized carbons (Fsp3) is 0.579. The van der Waals surface area contributed by atoms with Crippen LogP contribution in [0, 0.1) is 12.3 Å². The number of allylic oxidation sites excluding steroid dienone is 1. The Bertz CT molecular complexity index is 455. The molecule has 20 heavy (non-hydrogen) atoms. The van der Waals surface area contributed by atoms with Gasteiger partial charge in [0.25, 0.3) is 0 Å². The molecule has 1 aromatic rings. The maximum absolute atomic E-state index is 4.31. The average Bonchev–Trinajstić information content (AvgIpc) is 2.46. The van der Waals surface area contributed by atoms with E-state index in [-0.39, 0.29) is 0 Å². The highest BCUT2D eigenvalue weighted by Gasteiger charge is 2.30. The molecule has 0 aliphatic heterocycles. The Morgan fingerprint density at radius 2 is 1.85 bits per heavy atom. The molecule has 1 nitrogen and oxygen atoms in total. The van der Waals surface area contributed by atoms with E-state index in [0.717, 1.165) is 13.0 Å². The lowest BCUT2D eigenvalue weighted by molar-refractivity contribution is 0.223. The van der Waals surface area contributed by atoms with E-state index in [1.165, 1.54) is 49.1 Å². The fourth-order valence-corrected chi connectivity index (χ4v) is 3.37. The van der Waals surface area contributed by atoms with Crippen LogP contribution in [0.4, 0.5) is 5.69 Å². The zero-order valence-electron chi connectivity index (χ0n) is 13.4. The van der Waals surface area contributed by atoms with Crippen molar-refractivity contribution in [1.82, 2.24) is 0 Å². The first-order chi connectivity index (χ1) is 9.56. The molecule has 0 atom stereocenters. The van der Waals surface area contributed by atoms with Gasteiger partial charge in [0.05, 0.1) is 0 Å². The third kappa shape index (κ3) is 3.45. The van der Waals surface area contributed by atoms with E-state index in [0.29, 0.717) is 5.41 Å².